The molecule has 2 atom stereocenters. The van der Waals surface area contributed by atoms with Gasteiger partial charge >= 0.3 is 0 Å². The summed E-state index contributed by atoms with van der Waals surface area (Å²) in [5.74, 6) is 0.194. The lowest BCUT2D eigenvalue weighted by Gasteiger charge is -2.38. The summed E-state index contributed by atoms with van der Waals surface area (Å²) in [6.45, 7) is 3.58. The molecule has 2 fully saturated rings. The first-order chi connectivity index (χ1) is 9.65. The number of nitrogens with one attached hydrogen (secondary N) is 1. The summed E-state index contributed by atoms with van der Waals surface area (Å²) in [6, 6.07) is -0.146. The molecule has 114 valence electrons. The summed E-state index contributed by atoms with van der Waals surface area (Å²) in [4.78, 5) is 25.5. The van der Waals surface area contributed by atoms with Crippen LogP contribution in [-0.4, -0.2) is 60.8 Å². The van der Waals surface area contributed by atoms with Gasteiger partial charge in [0.25, 0.3) is 0 Å². The van der Waals surface area contributed by atoms with Crippen LogP contribution in [0, 0.1) is 11.8 Å². The van der Waals surface area contributed by atoms with Crippen molar-refractivity contribution >= 4 is 11.8 Å². The quantitative estimate of drug-likeness (QED) is 0.705. The zero-order chi connectivity index (χ0) is 14.5. The molecule has 1 saturated heterocycles. The highest BCUT2D eigenvalue weighted by Gasteiger charge is 2.36. The Kier molecular flexibility index (Phi) is 5.37. The monoisotopic (exact) mass is 284 g/mol. The van der Waals surface area contributed by atoms with Gasteiger partial charge in [0.1, 0.15) is 6.61 Å². The zero-order valence-electron chi connectivity index (χ0n) is 12.0. The Labute approximate surface area is 119 Å². The van der Waals surface area contributed by atoms with E-state index in [1.807, 2.05) is 6.92 Å². The van der Waals surface area contributed by atoms with E-state index in [0.29, 0.717) is 26.1 Å². The number of carbonyl (C=O) groups excluding carboxylic acids is 2. The number of likely N-dealkylation sites (tertiary alicyclic amines) is 1. The predicted octanol–water partition coefficient (Wildman–Crippen LogP) is -0.241. The molecule has 2 N–H and O–H groups in total. The minimum atomic E-state index is -0.146. The molecule has 1 aliphatic carbocycles. The van der Waals surface area contributed by atoms with E-state index in [4.69, 9.17) is 4.74 Å². The summed E-state index contributed by atoms with van der Waals surface area (Å²) in [5, 5.41) is 12.4. The number of hydrogen-bond donors (Lipinski definition) is 2. The van der Waals surface area contributed by atoms with Gasteiger partial charge in [-0.2, -0.15) is 0 Å². The Hall–Kier alpha value is -1.14. The molecule has 2 amide bonds. The first kappa shape index (κ1) is 15.3. The van der Waals surface area contributed by atoms with E-state index >= 15 is 0 Å². The Bertz CT molecular complexity index is 357. The first-order valence-corrected chi connectivity index (χ1v) is 7.42. The number of rotatable bonds is 6. The summed E-state index contributed by atoms with van der Waals surface area (Å²) in [7, 11) is 0. The second-order valence-corrected chi connectivity index (χ2v) is 5.60. The molecule has 6 heteroatoms. The molecule has 2 rings (SSSR count). The fraction of sp³-hybridized carbons (Fsp3) is 0.857. The molecule has 20 heavy (non-hydrogen) atoms. The van der Waals surface area contributed by atoms with Crippen molar-refractivity contribution in [1.82, 2.24) is 10.2 Å². The lowest BCUT2D eigenvalue weighted by Crippen LogP contribution is -2.55. The molecule has 0 radical (unpaired) electrons. The third-order valence-corrected chi connectivity index (χ3v) is 4.05. The Balaban J connectivity index is 1.88. The van der Waals surface area contributed by atoms with Gasteiger partial charge in [-0.25, -0.2) is 0 Å². The largest absolute Gasteiger partial charge is 0.396 e. The topological polar surface area (TPSA) is 78.9 Å². The maximum atomic E-state index is 12.0. The fourth-order valence-corrected chi connectivity index (χ4v) is 2.54. The van der Waals surface area contributed by atoms with Crippen molar-refractivity contribution < 1.29 is 19.4 Å². The molecule has 0 aromatic heterocycles. The molecule has 1 aliphatic heterocycles. The van der Waals surface area contributed by atoms with Crippen molar-refractivity contribution in [3.05, 3.63) is 0 Å². The number of aliphatic hydroxyl groups excluding tert-OH is 1. The zero-order valence-corrected chi connectivity index (χ0v) is 12.0. The van der Waals surface area contributed by atoms with Gasteiger partial charge in [-0.3, -0.25) is 9.59 Å². The summed E-state index contributed by atoms with van der Waals surface area (Å²) < 4.78 is 5.14. The van der Waals surface area contributed by atoms with Crippen molar-refractivity contribution in [2.45, 2.75) is 32.2 Å². The molecule has 0 aromatic carbocycles. The molecule has 2 aliphatic rings. The van der Waals surface area contributed by atoms with Gasteiger partial charge in [0.05, 0.1) is 6.04 Å². The maximum Gasteiger partial charge on any atom is 0.248 e. The summed E-state index contributed by atoms with van der Waals surface area (Å²) in [5.41, 5.74) is 0. The van der Waals surface area contributed by atoms with Crippen LogP contribution in [0.5, 0.6) is 0 Å². The minimum Gasteiger partial charge on any atom is -0.396 e. The van der Waals surface area contributed by atoms with E-state index in [1.54, 1.807) is 4.90 Å². The van der Waals surface area contributed by atoms with Crippen LogP contribution >= 0.6 is 0 Å². The first-order valence-electron chi connectivity index (χ1n) is 7.42. The van der Waals surface area contributed by atoms with Crippen molar-refractivity contribution in [3.8, 4) is 0 Å². The van der Waals surface area contributed by atoms with Gasteiger partial charge in [-0.1, -0.05) is 0 Å². The molecule has 0 aromatic rings. The standard InChI is InChI=1S/C14H24N2O4/c1-2-20-9-13(18)16-6-5-11(8-17)12(7-16)15-14(19)10-3-4-10/h10-12,17H,2-9H2,1H3,(H,15,19)/t11-,12-/m1/s1. The number of carbonyl (C=O) groups is 2. The van der Waals surface area contributed by atoms with E-state index in [-0.39, 0.29) is 42.9 Å². The molecular weight excluding hydrogens is 260 g/mol. The lowest BCUT2D eigenvalue weighted by atomic mass is 9.92. The van der Waals surface area contributed by atoms with Crippen LogP contribution in [0.2, 0.25) is 0 Å². The number of amides is 2. The van der Waals surface area contributed by atoms with Gasteiger partial charge < -0.3 is 20.1 Å². The maximum absolute atomic E-state index is 12.0. The van der Waals surface area contributed by atoms with E-state index in [0.717, 1.165) is 12.8 Å². The Morgan fingerprint density at radius 3 is 2.70 bits per heavy atom. The Morgan fingerprint density at radius 2 is 2.10 bits per heavy atom. The number of nitrogens with zero attached hydrogens (tertiary/aromatic N) is 1. The van der Waals surface area contributed by atoms with Gasteiger partial charge in [-0.15, -0.1) is 0 Å². The van der Waals surface area contributed by atoms with Crippen LogP contribution in [0.1, 0.15) is 26.2 Å². The van der Waals surface area contributed by atoms with Crippen LogP contribution in [-0.2, 0) is 14.3 Å². The highest BCUT2D eigenvalue weighted by atomic mass is 16.5. The second kappa shape index (κ2) is 7.04. The Morgan fingerprint density at radius 1 is 1.35 bits per heavy atom. The molecule has 0 bridgehead atoms. The molecule has 1 saturated carbocycles. The third kappa shape index (κ3) is 3.93. The van der Waals surface area contributed by atoms with E-state index in [1.165, 1.54) is 0 Å². The average molecular weight is 284 g/mol. The van der Waals surface area contributed by atoms with Gasteiger partial charge in [0.2, 0.25) is 11.8 Å². The minimum absolute atomic E-state index is 0.0360. The SMILES string of the molecule is CCOCC(=O)N1CC[C@H](CO)[C@H](NC(=O)C2CC2)C1. The van der Waals surface area contributed by atoms with E-state index in [2.05, 4.69) is 5.32 Å². The van der Waals surface area contributed by atoms with Crippen LogP contribution < -0.4 is 5.32 Å². The van der Waals surface area contributed by atoms with Crippen molar-refractivity contribution in [2.24, 2.45) is 11.8 Å². The van der Waals surface area contributed by atoms with Crippen molar-refractivity contribution in [2.75, 3.05) is 32.9 Å². The van der Waals surface area contributed by atoms with Gasteiger partial charge in [0.15, 0.2) is 0 Å². The van der Waals surface area contributed by atoms with Crippen molar-refractivity contribution in [3.63, 3.8) is 0 Å². The average Bonchev–Trinajstić information content (AvgIpc) is 3.29. The van der Waals surface area contributed by atoms with Gasteiger partial charge in [0, 0.05) is 38.1 Å². The van der Waals surface area contributed by atoms with Crippen LogP contribution in [0.4, 0.5) is 0 Å². The normalized spacial score (nSPS) is 26.4. The number of ether oxygens (including phenoxy) is 1. The van der Waals surface area contributed by atoms with Crippen molar-refractivity contribution in [1.29, 1.82) is 0 Å². The molecule has 1 heterocycles. The van der Waals surface area contributed by atoms with Crippen LogP contribution in [0.25, 0.3) is 0 Å². The third-order valence-electron chi connectivity index (χ3n) is 4.05. The predicted molar refractivity (Wildman–Crippen MR) is 72.9 cm³/mol. The van der Waals surface area contributed by atoms with Crippen LogP contribution in [0.3, 0.4) is 0 Å². The number of piperidine rings is 1. The second-order valence-electron chi connectivity index (χ2n) is 5.60. The molecule has 0 unspecified atom stereocenters. The van der Waals surface area contributed by atoms with E-state index < -0.39 is 0 Å². The van der Waals surface area contributed by atoms with E-state index in [9.17, 15) is 14.7 Å². The molecule has 6 nitrogen and oxygen atoms in total. The van der Waals surface area contributed by atoms with Gasteiger partial charge in [-0.05, 0) is 26.2 Å². The van der Waals surface area contributed by atoms with Crippen LogP contribution in [0.15, 0.2) is 0 Å². The number of hydrogen-bond acceptors (Lipinski definition) is 4. The number of aliphatic hydroxyl groups is 1. The highest BCUT2D eigenvalue weighted by Crippen LogP contribution is 2.29. The summed E-state index contributed by atoms with van der Waals surface area (Å²) in [6.07, 6.45) is 2.62. The molecular formula is C14H24N2O4. The summed E-state index contributed by atoms with van der Waals surface area (Å²) >= 11 is 0. The molecule has 0 spiro atoms. The lowest BCUT2D eigenvalue weighted by molar-refractivity contribution is -0.139. The smallest absolute Gasteiger partial charge is 0.248 e. The highest BCUT2D eigenvalue weighted by molar-refractivity contribution is 5.81. The fourth-order valence-electron chi connectivity index (χ4n) is 2.54.